The summed E-state index contributed by atoms with van der Waals surface area (Å²) in [6.45, 7) is 1.19. The highest BCUT2D eigenvalue weighted by Gasteiger charge is 2.23. The van der Waals surface area contributed by atoms with Crippen LogP contribution < -0.4 is 21.3 Å². The number of carbonyl (C=O) groups excluding carboxylic acids is 2. The third-order valence-corrected chi connectivity index (χ3v) is 5.90. The van der Waals surface area contributed by atoms with E-state index in [1.165, 1.54) is 0 Å². The summed E-state index contributed by atoms with van der Waals surface area (Å²) in [5, 5.41) is 12.4. The molecule has 2 atom stereocenters. The van der Waals surface area contributed by atoms with E-state index in [-0.39, 0.29) is 12.1 Å². The molecule has 8 heteroatoms. The Labute approximate surface area is 186 Å². The van der Waals surface area contributed by atoms with Crippen molar-refractivity contribution in [1.82, 2.24) is 10.6 Å². The van der Waals surface area contributed by atoms with Gasteiger partial charge in [0.05, 0.1) is 21.4 Å². The molecule has 4 amide bonds. The molecule has 160 valence electrons. The van der Waals surface area contributed by atoms with Gasteiger partial charge in [-0.05, 0) is 55.4 Å². The SMILES string of the molecule is O=C(NC[C@@H]1CCC[C@@H](CNC(=O)Nc2ccccc2Cl)C1)Nc1ccccc1Cl. The largest absolute Gasteiger partial charge is 0.338 e. The Hall–Kier alpha value is -2.44. The number of hydrogen-bond acceptors (Lipinski definition) is 2. The predicted octanol–water partition coefficient (Wildman–Crippen LogP) is 5.74. The lowest BCUT2D eigenvalue weighted by atomic mass is 9.81. The van der Waals surface area contributed by atoms with Gasteiger partial charge in [-0.1, -0.05) is 53.9 Å². The Morgan fingerprint density at radius 2 is 1.20 bits per heavy atom. The molecule has 30 heavy (non-hydrogen) atoms. The zero-order valence-corrected chi connectivity index (χ0v) is 18.1. The smallest absolute Gasteiger partial charge is 0.319 e. The molecule has 0 heterocycles. The number of para-hydroxylation sites is 2. The lowest BCUT2D eigenvalue weighted by Crippen LogP contribution is -2.38. The lowest BCUT2D eigenvalue weighted by molar-refractivity contribution is 0.230. The first-order valence-corrected chi connectivity index (χ1v) is 10.9. The maximum Gasteiger partial charge on any atom is 0.319 e. The molecule has 0 unspecified atom stereocenters. The number of amides is 4. The first-order chi connectivity index (χ1) is 14.5. The van der Waals surface area contributed by atoms with Crippen LogP contribution >= 0.6 is 23.2 Å². The number of carbonyl (C=O) groups is 2. The van der Waals surface area contributed by atoms with Crippen molar-refractivity contribution in [3.05, 3.63) is 58.6 Å². The van der Waals surface area contributed by atoms with Crippen LogP contribution in [0.4, 0.5) is 21.0 Å². The second-order valence-corrected chi connectivity index (χ2v) is 8.34. The Bertz CT molecular complexity index is 808. The van der Waals surface area contributed by atoms with Crippen molar-refractivity contribution in [3.8, 4) is 0 Å². The van der Waals surface area contributed by atoms with Gasteiger partial charge in [0.15, 0.2) is 0 Å². The molecule has 0 spiro atoms. The molecule has 2 aromatic carbocycles. The van der Waals surface area contributed by atoms with E-state index in [1.54, 1.807) is 24.3 Å². The highest BCUT2D eigenvalue weighted by Crippen LogP contribution is 2.28. The third kappa shape index (κ3) is 6.82. The Morgan fingerprint density at radius 3 is 1.63 bits per heavy atom. The topological polar surface area (TPSA) is 82.3 Å². The van der Waals surface area contributed by atoms with E-state index in [2.05, 4.69) is 21.3 Å². The summed E-state index contributed by atoms with van der Waals surface area (Å²) >= 11 is 12.1. The number of rotatable bonds is 6. The number of halogens is 2. The highest BCUT2D eigenvalue weighted by atomic mass is 35.5. The number of benzene rings is 2. The molecule has 0 bridgehead atoms. The van der Waals surface area contributed by atoms with E-state index >= 15 is 0 Å². The van der Waals surface area contributed by atoms with Crippen molar-refractivity contribution < 1.29 is 9.59 Å². The number of urea groups is 2. The van der Waals surface area contributed by atoms with Crippen LogP contribution in [-0.2, 0) is 0 Å². The molecule has 0 aromatic heterocycles. The van der Waals surface area contributed by atoms with Crippen LogP contribution in [0.1, 0.15) is 25.7 Å². The standard InChI is InChI=1S/C22H26Cl2N4O2/c23-17-8-1-3-10-19(17)27-21(29)25-13-15-6-5-7-16(12-15)14-26-22(30)28-20-11-4-2-9-18(20)24/h1-4,8-11,15-16H,5-7,12-14H2,(H2,25,27,29)(H2,26,28,30)/t15-,16-/m1/s1. The van der Waals surface area contributed by atoms with Crippen LogP contribution in [0.15, 0.2) is 48.5 Å². The molecule has 0 saturated heterocycles. The Morgan fingerprint density at radius 1 is 0.767 bits per heavy atom. The molecule has 1 aliphatic carbocycles. The van der Waals surface area contributed by atoms with E-state index in [0.717, 1.165) is 25.7 Å². The number of nitrogens with one attached hydrogen (secondary N) is 4. The van der Waals surface area contributed by atoms with Gasteiger partial charge in [0.1, 0.15) is 0 Å². The molecule has 2 aromatic rings. The van der Waals surface area contributed by atoms with Gasteiger partial charge in [0.25, 0.3) is 0 Å². The van der Waals surface area contributed by atoms with Gasteiger partial charge < -0.3 is 21.3 Å². The van der Waals surface area contributed by atoms with Gasteiger partial charge >= 0.3 is 12.1 Å². The van der Waals surface area contributed by atoms with Crippen LogP contribution in [0.3, 0.4) is 0 Å². The fraction of sp³-hybridized carbons (Fsp3) is 0.364. The Balaban J connectivity index is 1.38. The maximum atomic E-state index is 12.1. The molecule has 0 radical (unpaired) electrons. The van der Waals surface area contributed by atoms with Gasteiger partial charge in [0.2, 0.25) is 0 Å². The fourth-order valence-corrected chi connectivity index (χ4v) is 4.07. The minimum Gasteiger partial charge on any atom is -0.338 e. The van der Waals surface area contributed by atoms with Gasteiger partial charge in [-0.3, -0.25) is 0 Å². The van der Waals surface area contributed by atoms with Crippen molar-refractivity contribution in [3.63, 3.8) is 0 Å². The zero-order chi connectivity index (χ0) is 21.3. The van der Waals surface area contributed by atoms with Gasteiger partial charge in [-0.15, -0.1) is 0 Å². The average Bonchev–Trinajstić information content (AvgIpc) is 2.74. The van der Waals surface area contributed by atoms with E-state index in [0.29, 0.717) is 46.3 Å². The van der Waals surface area contributed by atoms with E-state index in [9.17, 15) is 9.59 Å². The third-order valence-electron chi connectivity index (χ3n) is 5.24. The summed E-state index contributed by atoms with van der Waals surface area (Å²) in [6, 6.07) is 13.7. The summed E-state index contributed by atoms with van der Waals surface area (Å²) in [4.78, 5) is 24.3. The van der Waals surface area contributed by atoms with Crippen molar-refractivity contribution in [2.75, 3.05) is 23.7 Å². The molecule has 6 nitrogen and oxygen atoms in total. The lowest BCUT2D eigenvalue weighted by Gasteiger charge is -2.29. The van der Waals surface area contributed by atoms with Crippen LogP contribution in [0.2, 0.25) is 10.0 Å². The molecule has 1 aliphatic rings. The van der Waals surface area contributed by atoms with E-state index in [4.69, 9.17) is 23.2 Å². The first kappa shape index (κ1) is 22.2. The van der Waals surface area contributed by atoms with Crippen molar-refractivity contribution >= 4 is 46.6 Å². The van der Waals surface area contributed by atoms with E-state index < -0.39 is 0 Å². The molecule has 1 fully saturated rings. The average molecular weight is 449 g/mol. The van der Waals surface area contributed by atoms with Gasteiger partial charge in [-0.2, -0.15) is 0 Å². The summed E-state index contributed by atoms with van der Waals surface area (Å²) in [5.41, 5.74) is 1.18. The summed E-state index contributed by atoms with van der Waals surface area (Å²) in [6.07, 6.45) is 4.17. The van der Waals surface area contributed by atoms with Crippen molar-refractivity contribution in [1.29, 1.82) is 0 Å². The molecular weight excluding hydrogens is 423 g/mol. The van der Waals surface area contributed by atoms with Crippen LogP contribution in [0.25, 0.3) is 0 Å². The molecule has 4 N–H and O–H groups in total. The number of hydrogen-bond donors (Lipinski definition) is 4. The molecule has 1 saturated carbocycles. The minimum absolute atomic E-state index is 0.262. The second kappa shape index (κ2) is 11.1. The quantitative estimate of drug-likeness (QED) is 0.453. The van der Waals surface area contributed by atoms with Crippen LogP contribution in [-0.4, -0.2) is 25.2 Å². The molecular formula is C22H26Cl2N4O2. The second-order valence-electron chi connectivity index (χ2n) is 7.53. The Kier molecular flexibility index (Phi) is 8.22. The van der Waals surface area contributed by atoms with Gasteiger partial charge in [0, 0.05) is 13.1 Å². The first-order valence-electron chi connectivity index (χ1n) is 10.1. The normalized spacial score (nSPS) is 18.3. The minimum atomic E-state index is -0.262. The maximum absolute atomic E-state index is 12.1. The van der Waals surface area contributed by atoms with Gasteiger partial charge in [-0.25, -0.2) is 9.59 Å². The van der Waals surface area contributed by atoms with Crippen LogP contribution in [0.5, 0.6) is 0 Å². The monoisotopic (exact) mass is 448 g/mol. The summed E-state index contributed by atoms with van der Waals surface area (Å²) in [7, 11) is 0. The van der Waals surface area contributed by atoms with Crippen LogP contribution in [0, 0.1) is 11.8 Å². The summed E-state index contributed by atoms with van der Waals surface area (Å²) < 4.78 is 0. The fourth-order valence-electron chi connectivity index (χ4n) is 3.71. The zero-order valence-electron chi connectivity index (χ0n) is 16.6. The molecule has 3 rings (SSSR count). The van der Waals surface area contributed by atoms with E-state index in [1.807, 2.05) is 24.3 Å². The highest BCUT2D eigenvalue weighted by molar-refractivity contribution is 6.34. The summed E-state index contributed by atoms with van der Waals surface area (Å²) in [5.74, 6) is 0.767. The molecule has 0 aliphatic heterocycles. The number of anilines is 2. The predicted molar refractivity (Wildman–Crippen MR) is 122 cm³/mol. The van der Waals surface area contributed by atoms with Crippen molar-refractivity contribution in [2.24, 2.45) is 11.8 Å². The van der Waals surface area contributed by atoms with Crippen molar-refractivity contribution in [2.45, 2.75) is 25.7 Å².